The van der Waals surface area contributed by atoms with Crippen molar-refractivity contribution in [2.45, 2.75) is 19.9 Å². The summed E-state index contributed by atoms with van der Waals surface area (Å²) in [7, 11) is 0. The predicted molar refractivity (Wildman–Crippen MR) is 83.5 cm³/mol. The number of aryl methyl sites for hydroxylation is 1. The zero-order chi connectivity index (χ0) is 14.8. The second-order valence-corrected chi connectivity index (χ2v) is 5.42. The minimum Gasteiger partial charge on any atom is -0.486 e. The third-order valence-electron chi connectivity index (χ3n) is 3.49. The molecule has 2 aromatic rings. The Hall–Kier alpha value is -1.94. The van der Waals surface area contributed by atoms with E-state index in [4.69, 9.17) is 21.1 Å². The molecule has 1 aliphatic heterocycles. The largest absolute Gasteiger partial charge is 0.486 e. The molecule has 0 saturated heterocycles. The highest BCUT2D eigenvalue weighted by molar-refractivity contribution is 6.29. The normalized spacial score (nSPS) is 14.6. The summed E-state index contributed by atoms with van der Waals surface area (Å²) in [5, 5.41) is 3.95. The van der Waals surface area contributed by atoms with Crippen molar-refractivity contribution in [3.8, 4) is 11.5 Å². The predicted octanol–water partition coefficient (Wildman–Crippen LogP) is 3.99. The number of benzene rings is 1. The lowest BCUT2D eigenvalue weighted by molar-refractivity contribution is 0.171. The van der Waals surface area contributed by atoms with Crippen LogP contribution in [0.2, 0.25) is 5.15 Å². The first-order chi connectivity index (χ1) is 10.1. The van der Waals surface area contributed by atoms with Crippen LogP contribution in [0.1, 0.15) is 24.2 Å². The van der Waals surface area contributed by atoms with Crippen molar-refractivity contribution in [1.29, 1.82) is 0 Å². The van der Waals surface area contributed by atoms with Crippen molar-refractivity contribution in [2.75, 3.05) is 18.5 Å². The number of aromatic nitrogens is 1. The summed E-state index contributed by atoms with van der Waals surface area (Å²) in [6.07, 6.45) is 0. The molecular weight excluding hydrogens is 288 g/mol. The van der Waals surface area contributed by atoms with E-state index in [1.54, 1.807) is 6.07 Å². The molecule has 0 fully saturated rings. The van der Waals surface area contributed by atoms with Gasteiger partial charge in [-0.1, -0.05) is 17.7 Å². The van der Waals surface area contributed by atoms with Crippen molar-refractivity contribution >= 4 is 17.3 Å². The van der Waals surface area contributed by atoms with Gasteiger partial charge in [0.05, 0.1) is 11.4 Å². The van der Waals surface area contributed by atoms with Crippen molar-refractivity contribution in [2.24, 2.45) is 0 Å². The van der Waals surface area contributed by atoms with Gasteiger partial charge in [0, 0.05) is 6.04 Å². The highest BCUT2D eigenvalue weighted by atomic mass is 35.5. The van der Waals surface area contributed by atoms with Crippen LogP contribution >= 0.6 is 11.6 Å². The Morgan fingerprint density at radius 1 is 1.14 bits per heavy atom. The average molecular weight is 305 g/mol. The van der Waals surface area contributed by atoms with Crippen LogP contribution in [-0.4, -0.2) is 18.2 Å². The summed E-state index contributed by atoms with van der Waals surface area (Å²) in [4.78, 5) is 4.25. The maximum Gasteiger partial charge on any atom is 0.161 e. The summed E-state index contributed by atoms with van der Waals surface area (Å²) in [6, 6.07) is 9.87. The lowest BCUT2D eigenvalue weighted by Crippen LogP contribution is -2.16. The second kappa shape index (κ2) is 5.82. The van der Waals surface area contributed by atoms with Gasteiger partial charge in [-0.15, -0.1) is 0 Å². The van der Waals surface area contributed by atoms with Crippen LogP contribution in [0, 0.1) is 6.92 Å². The fourth-order valence-corrected chi connectivity index (χ4v) is 2.52. The van der Waals surface area contributed by atoms with Crippen LogP contribution in [-0.2, 0) is 0 Å². The number of halogens is 1. The molecule has 1 aliphatic rings. The number of pyridine rings is 1. The van der Waals surface area contributed by atoms with Gasteiger partial charge in [-0.2, -0.15) is 0 Å². The lowest BCUT2D eigenvalue weighted by atomic mass is 10.1. The standard InChI is InChI=1S/C16H17ClN2O2/c1-10(18-13-4-6-16(17)19-11(13)2)12-3-5-14-15(9-12)21-8-7-20-14/h3-6,9-10,18H,7-8H2,1-2H3. The summed E-state index contributed by atoms with van der Waals surface area (Å²) >= 11 is 5.88. The van der Waals surface area contributed by atoms with E-state index >= 15 is 0 Å². The van der Waals surface area contributed by atoms with Gasteiger partial charge in [0.1, 0.15) is 18.4 Å². The first-order valence-corrected chi connectivity index (χ1v) is 7.30. The number of rotatable bonds is 3. The number of anilines is 1. The molecule has 1 aromatic carbocycles. The van der Waals surface area contributed by atoms with E-state index < -0.39 is 0 Å². The van der Waals surface area contributed by atoms with E-state index in [0.29, 0.717) is 18.4 Å². The zero-order valence-corrected chi connectivity index (χ0v) is 12.8. The first kappa shape index (κ1) is 14.0. The quantitative estimate of drug-likeness (QED) is 0.871. The Kier molecular flexibility index (Phi) is 3.88. The Labute approximate surface area is 129 Å². The molecule has 1 atom stereocenters. The Morgan fingerprint density at radius 2 is 1.90 bits per heavy atom. The van der Waals surface area contributed by atoms with E-state index in [2.05, 4.69) is 17.2 Å². The molecule has 110 valence electrons. The molecule has 1 unspecified atom stereocenters. The number of hydrogen-bond acceptors (Lipinski definition) is 4. The van der Waals surface area contributed by atoms with E-state index in [0.717, 1.165) is 28.4 Å². The minimum absolute atomic E-state index is 0.127. The maximum atomic E-state index is 5.88. The Bertz CT molecular complexity index is 661. The van der Waals surface area contributed by atoms with Gasteiger partial charge in [0.25, 0.3) is 0 Å². The summed E-state index contributed by atoms with van der Waals surface area (Å²) in [6.45, 7) is 5.23. The number of hydrogen-bond donors (Lipinski definition) is 1. The minimum atomic E-state index is 0.127. The highest BCUT2D eigenvalue weighted by Crippen LogP contribution is 2.33. The molecule has 0 bridgehead atoms. The smallest absolute Gasteiger partial charge is 0.161 e. The van der Waals surface area contributed by atoms with Gasteiger partial charge < -0.3 is 14.8 Å². The SMILES string of the molecule is Cc1nc(Cl)ccc1NC(C)c1ccc2c(c1)OCCO2. The molecule has 0 radical (unpaired) electrons. The summed E-state index contributed by atoms with van der Waals surface area (Å²) in [5.74, 6) is 1.61. The van der Waals surface area contributed by atoms with Crippen molar-refractivity contribution < 1.29 is 9.47 Å². The van der Waals surface area contributed by atoms with Crippen molar-refractivity contribution in [3.05, 3.63) is 46.7 Å². The Morgan fingerprint density at radius 3 is 2.67 bits per heavy atom. The molecule has 21 heavy (non-hydrogen) atoms. The van der Waals surface area contributed by atoms with Gasteiger partial charge in [-0.3, -0.25) is 0 Å². The van der Waals surface area contributed by atoms with E-state index in [1.807, 2.05) is 31.2 Å². The molecule has 4 nitrogen and oxygen atoms in total. The second-order valence-electron chi connectivity index (χ2n) is 5.04. The number of nitrogens with zero attached hydrogens (tertiary/aromatic N) is 1. The highest BCUT2D eigenvalue weighted by Gasteiger charge is 2.15. The van der Waals surface area contributed by atoms with Gasteiger partial charge in [0.15, 0.2) is 11.5 Å². The van der Waals surface area contributed by atoms with E-state index in [1.165, 1.54) is 0 Å². The van der Waals surface area contributed by atoms with Crippen molar-refractivity contribution in [1.82, 2.24) is 4.98 Å². The number of ether oxygens (including phenoxy) is 2. The molecule has 0 saturated carbocycles. The van der Waals surface area contributed by atoms with Crippen LogP contribution in [0.5, 0.6) is 11.5 Å². The number of fused-ring (bicyclic) bond motifs is 1. The summed E-state index contributed by atoms with van der Waals surface area (Å²) < 4.78 is 11.2. The molecular formula is C16H17ClN2O2. The number of nitrogens with one attached hydrogen (secondary N) is 1. The molecule has 5 heteroatoms. The van der Waals surface area contributed by atoms with Crippen LogP contribution in [0.15, 0.2) is 30.3 Å². The fourth-order valence-electron chi connectivity index (χ4n) is 2.33. The van der Waals surface area contributed by atoms with E-state index in [9.17, 15) is 0 Å². The fraction of sp³-hybridized carbons (Fsp3) is 0.312. The topological polar surface area (TPSA) is 43.4 Å². The van der Waals surface area contributed by atoms with E-state index in [-0.39, 0.29) is 6.04 Å². The van der Waals surface area contributed by atoms with Crippen LogP contribution in [0.3, 0.4) is 0 Å². The molecule has 1 N–H and O–H groups in total. The maximum absolute atomic E-state index is 5.88. The molecule has 0 spiro atoms. The van der Waals surface area contributed by atoms with Gasteiger partial charge in [-0.05, 0) is 43.7 Å². The molecule has 0 amide bonds. The average Bonchev–Trinajstić information content (AvgIpc) is 2.49. The monoisotopic (exact) mass is 304 g/mol. The molecule has 3 rings (SSSR count). The first-order valence-electron chi connectivity index (χ1n) is 6.93. The summed E-state index contributed by atoms with van der Waals surface area (Å²) in [5.41, 5.74) is 2.99. The van der Waals surface area contributed by atoms with Gasteiger partial charge >= 0.3 is 0 Å². The van der Waals surface area contributed by atoms with Gasteiger partial charge in [-0.25, -0.2) is 4.98 Å². The van der Waals surface area contributed by atoms with Gasteiger partial charge in [0.2, 0.25) is 0 Å². The van der Waals surface area contributed by atoms with Crippen molar-refractivity contribution in [3.63, 3.8) is 0 Å². The molecule has 2 heterocycles. The third kappa shape index (κ3) is 3.05. The third-order valence-corrected chi connectivity index (χ3v) is 3.70. The molecule has 1 aromatic heterocycles. The van der Waals surface area contributed by atoms with Crippen LogP contribution in [0.4, 0.5) is 5.69 Å². The van der Waals surface area contributed by atoms with Crippen LogP contribution < -0.4 is 14.8 Å². The lowest BCUT2D eigenvalue weighted by Gasteiger charge is -2.22. The van der Waals surface area contributed by atoms with Crippen LogP contribution in [0.25, 0.3) is 0 Å². The Balaban J connectivity index is 1.80. The zero-order valence-electron chi connectivity index (χ0n) is 12.0. The molecule has 0 aliphatic carbocycles.